The van der Waals surface area contributed by atoms with Crippen molar-refractivity contribution in [2.75, 3.05) is 11.9 Å². The lowest BCUT2D eigenvalue weighted by Crippen LogP contribution is -2.05. The van der Waals surface area contributed by atoms with E-state index in [-0.39, 0.29) is 5.15 Å². The Bertz CT molecular complexity index is 501. The van der Waals surface area contributed by atoms with Gasteiger partial charge in [0, 0.05) is 24.9 Å². The average Bonchev–Trinajstić information content (AvgIpc) is 2.71. The third-order valence-corrected chi connectivity index (χ3v) is 3.44. The van der Waals surface area contributed by atoms with Gasteiger partial charge in [-0.3, -0.25) is 9.78 Å². The summed E-state index contributed by atoms with van der Waals surface area (Å²) in [6.45, 7) is 0.707. The fourth-order valence-corrected chi connectivity index (χ4v) is 2.30. The highest BCUT2D eigenvalue weighted by Gasteiger charge is 2.07. The molecule has 0 radical (unpaired) electrons. The number of hydrogen-bond acceptors (Lipinski definition) is 5. The largest absolute Gasteiger partial charge is 0.361 e. The van der Waals surface area contributed by atoms with Crippen molar-refractivity contribution in [2.45, 2.75) is 6.42 Å². The topological polar surface area (TPSA) is 54.9 Å². The van der Waals surface area contributed by atoms with E-state index in [9.17, 15) is 4.79 Å². The van der Waals surface area contributed by atoms with Gasteiger partial charge in [0.05, 0.1) is 0 Å². The van der Waals surface area contributed by atoms with Crippen molar-refractivity contribution < 1.29 is 4.79 Å². The van der Waals surface area contributed by atoms with Crippen LogP contribution in [0.2, 0.25) is 5.15 Å². The van der Waals surface area contributed by atoms with Crippen molar-refractivity contribution in [3.05, 3.63) is 40.1 Å². The predicted molar refractivity (Wildman–Crippen MR) is 68.9 cm³/mol. The van der Waals surface area contributed by atoms with Gasteiger partial charge in [0.25, 0.3) is 0 Å². The van der Waals surface area contributed by atoms with E-state index in [1.165, 1.54) is 11.3 Å². The number of aldehydes is 1. The molecule has 0 saturated carbocycles. The minimum Gasteiger partial charge on any atom is -0.361 e. The number of nitrogens with one attached hydrogen (secondary N) is 1. The number of nitrogens with zero attached hydrogens (tertiary/aromatic N) is 2. The smallest absolute Gasteiger partial charge is 0.184 e. The van der Waals surface area contributed by atoms with Gasteiger partial charge < -0.3 is 5.32 Å². The van der Waals surface area contributed by atoms with Crippen LogP contribution in [0.1, 0.15) is 15.4 Å². The van der Waals surface area contributed by atoms with Crippen LogP contribution in [-0.2, 0) is 6.42 Å². The van der Waals surface area contributed by atoms with Gasteiger partial charge in [-0.2, -0.15) is 0 Å². The lowest BCUT2D eigenvalue weighted by Gasteiger charge is -2.01. The molecule has 88 valence electrons. The van der Waals surface area contributed by atoms with E-state index >= 15 is 0 Å². The van der Waals surface area contributed by atoms with Gasteiger partial charge in [-0.05, 0) is 12.1 Å². The molecule has 2 aromatic heterocycles. The highest BCUT2D eigenvalue weighted by molar-refractivity contribution is 7.17. The molecule has 0 amide bonds. The van der Waals surface area contributed by atoms with Crippen LogP contribution in [0.15, 0.2) is 24.4 Å². The molecule has 2 rings (SSSR count). The number of carbonyl (C=O) groups excluding carboxylic acids is 1. The highest BCUT2D eigenvalue weighted by Crippen LogP contribution is 2.24. The zero-order chi connectivity index (χ0) is 12.1. The molecule has 0 fully saturated rings. The van der Waals surface area contributed by atoms with E-state index in [0.29, 0.717) is 22.8 Å². The summed E-state index contributed by atoms with van der Waals surface area (Å²) in [5, 5.41) is 4.03. The molecule has 4 nitrogen and oxygen atoms in total. The van der Waals surface area contributed by atoms with E-state index in [4.69, 9.17) is 11.6 Å². The first kappa shape index (κ1) is 12.0. The molecule has 2 heterocycles. The quantitative estimate of drug-likeness (QED) is 0.846. The summed E-state index contributed by atoms with van der Waals surface area (Å²) < 4.78 is 0. The van der Waals surface area contributed by atoms with Gasteiger partial charge in [-0.1, -0.05) is 29.0 Å². The monoisotopic (exact) mass is 267 g/mol. The molecule has 17 heavy (non-hydrogen) atoms. The Morgan fingerprint density at radius 3 is 3.00 bits per heavy atom. The van der Waals surface area contributed by atoms with Crippen LogP contribution in [0.25, 0.3) is 0 Å². The Kier molecular flexibility index (Phi) is 4.06. The van der Waals surface area contributed by atoms with E-state index in [0.717, 1.165) is 12.1 Å². The Hall–Kier alpha value is -1.46. The Balaban J connectivity index is 1.88. The fourth-order valence-electron chi connectivity index (χ4n) is 1.31. The number of thiazole rings is 1. The maximum atomic E-state index is 10.6. The third kappa shape index (κ3) is 3.25. The van der Waals surface area contributed by atoms with E-state index in [2.05, 4.69) is 15.3 Å². The second kappa shape index (κ2) is 5.75. The number of halogens is 1. The number of aromatic nitrogens is 2. The molecule has 0 unspecified atom stereocenters. The lowest BCUT2D eigenvalue weighted by atomic mass is 10.3. The molecule has 1 N–H and O–H groups in total. The third-order valence-electron chi connectivity index (χ3n) is 2.10. The number of hydrogen-bond donors (Lipinski definition) is 1. The maximum absolute atomic E-state index is 10.6. The summed E-state index contributed by atoms with van der Waals surface area (Å²) in [5.41, 5.74) is 1.01. The summed E-state index contributed by atoms with van der Waals surface area (Å²) >= 11 is 7.01. The summed E-state index contributed by atoms with van der Waals surface area (Å²) in [4.78, 5) is 19.3. The molecule has 0 aromatic carbocycles. The van der Waals surface area contributed by atoms with Crippen molar-refractivity contribution >= 4 is 34.4 Å². The Morgan fingerprint density at radius 2 is 2.35 bits per heavy atom. The van der Waals surface area contributed by atoms with Crippen LogP contribution in [-0.4, -0.2) is 22.8 Å². The molecule has 0 saturated heterocycles. The first-order chi connectivity index (χ1) is 8.29. The summed E-state index contributed by atoms with van der Waals surface area (Å²) in [5.74, 6) is 0. The van der Waals surface area contributed by atoms with Crippen LogP contribution in [0.5, 0.6) is 0 Å². The Morgan fingerprint density at radius 1 is 1.47 bits per heavy atom. The second-order valence-corrected chi connectivity index (χ2v) is 4.68. The maximum Gasteiger partial charge on any atom is 0.184 e. The number of carbonyl (C=O) groups is 1. The van der Waals surface area contributed by atoms with E-state index in [1.54, 1.807) is 6.20 Å². The SMILES string of the molecule is O=Cc1sc(NCCc2ccccn2)nc1Cl. The number of anilines is 1. The van der Waals surface area contributed by atoms with Crippen molar-refractivity contribution in [3.63, 3.8) is 0 Å². The molecule has 0 aliphatic carbocycles. The molecule has 2 aromatic rings. The normalized spacial score (nSPS) is 10.2. The van der Waals surface area contributed by atoms with Crippen molar-refractivity contribution in [1.29, 1.82) is 0 Å². The molecule has 0 bridgehead atoms. The molecule has 6 heteroatoms. The minimum atomic E-state index is 0.255. The molecule has 0 aliphatic heterocycles. The van der Waals surface area contributed by atoms with Crippen molar-refractivity contribution in [3.8, 4) is 0 Å². The zero-order valence-electron chi connectivity index (χ0n) is 8.89. The molecule has 0 spiro atoms. The summed E-state index contributed by atoms with van der Waals surface area (Å²) in [7, 11) is 0. The van der Waals surface area contributed by atoms with Gasteiger partial charge in [-0.25, -0.2) is 4.98 Å². The van der Waals surface area contributed by atoms with Crippen LogP contribution in [0.4, 0.5) is 5.13 Å². The van der Waals surface area contributed by atoms with Gasteiger partial charge in [0.1, 0.15) is 4.88 Å². The molecule has 0 atom stereocenters. The van der Waals surface area contributed by atoms with Gasteiger partial charge in [0.15, 0.2) is 16.6 Å². The highest BCUT2D eigenvalue weighted by atomic mass is 35.5. The predicted octanol–water partition coefficient (Wildman–Crippen LogP) is 2.66. The van der Waals surface area contributed by atoms with E-state index in [1.807, 2.05) is 18.2 Å². The Labute approximate surface area is 108 Å². The second-order valence-electron chi connectivity index (χ2n) is 3.29. The van der Waals surface area contributed by atoms with Crippen LogP contribution < -0.4 is 5.32 Å². The van der Waals surface area contributed by atoms with Crippen molar-refractivity contribution in [1.82, 2.24) is 9.97 Å². The first-order valence-corrected chi connectivity index (χ1v) is 6.24. The zero-order valence-corrected chi connectivity index (χ0v) is 10.5. The number of rotatable bonds is 5. The van der Waals surface area contributed by atoms with Gasteiger partial charge in [0.2, 0.25) is 0 Å². The van der Waals surface area contributed by atoms with Gasteiger partial charge >= 0.3 is 0 Å². The van der Waals surface area contributed by atoms with E-state index < -0.39 is 0 Å². The summed E-state index contributed by atoms with van der Waals surface area (Å²) in [6.07, 6.45) is 3.28. The molecular formula is C11H10ClN3OS. The van der Waals surface area contributed by atoms with Crippen LogP contribution in [0, 0.1) is 0 Å². The minimum absolute atomic E-state index is 0.255. The van der Waals surface area contributed by atoms with Crippen LogP contribution in [0.3, 0.4) is 0 Å². The summed E-state index contributed by atoms with van der Waals surface area (Å²) in [6, 6.07) is 5.80. The molecular weight excluding hydrogens is 258 g/mol. The first-order valence-electron chi connectivity index (χ1n) is 5.05. The lowest BCUT2D eigenvalue weighted by molar-refractivity contribution is 0.112. The van der Waals surface area contributed by atoms with Crippen molar-refractivity contribution in [2.24, 2.45) is 0 Å². The van der Waals surface area contributed by atoms with Gasteiger partial charge in [-0.15, -0.1) is 0 Å². The average molecular weight is 268 g/mol. The fraction of sp³-hybridized carbons (Fsp3) is 0.182. The van der Waals surface area contributed by atoms with Crippen LogP contribution >= 0.6 is 22.9 Å². The standard InChI is InChI=1S/C11H10ClN3OS/c12-10-9(7-16)17-11(15-10)14-6-4-8-3-1-2-5-13-8/h1-3,5,7H,4,6H2,(H,14,15). The molecule has 0 aliphatic rings. The number of pyridine rings is 1.